The molecule has 1 saturated heterocycles. The van der Waals surface area contributed by atoms with Gasteiger partial charge in [-0.05, 0) is 43.7 Å². The van der Waals surface area contributed by atoms with E-state index >= 15 is 0 Å². The molecular formula is C18H21NO3S2. The van der Waals surface area contributed by atoms with Gasteiger partial charge >= 0.3 is 0 Å². The van der Waals surface area contributed by atoms with Gasteiger partial charge in [-0.2, -0.15) is 4.31 Å². The van der Waals surface area contributed by atoms with E-state index in [2.05, 4.69) is 0 Å². The SMILES string of the molecule is COc1cccc(SC2CCN(S(=O)(=O)c3ccc(C)cc3)C2)c1. The molecule has 1 aliphatic heterocycles. The summed E-state index contributed by atoms with van der Waals surface area (Å²) < 4.78 is 32.3. The van der Waals surface area contributed by atoms with Crippen molar-refractivity contribution in [1.82, 2.24) is 4.31 Å². The Balaban J connectivity index is 1.69. The largest absolute Gasteiger partial charge is 0.497 e. The first-order valence-electron chi connectivity index (χ1n) is 7.86. The van der Waals surface area contributed by atoms with E-state index in [1.807, 2.05) is 43.3 Å². The van der Waals surface area contributed by atoms with E-state index < -0.39 is 10.0 Å². The van der Waals surface area contributed by atoms with E-state index in [1.54, 1.807) is 35.3 Å². The summed E-state index contributed by atoms with van der Waals surface area (Å²) in [6.45, 7) is 3.06. The monoisotopic (exact) mass is 363 g/mol. The van der Waals surface area contributed by atoms with Gasteiger partial charge in [0.2, 0.25) is 10.0 Å². The lowest BCUT2D eigenvalue weighted by Crippen LogP contribution is -2.29. The second-order valence-corrected chi connectivity index (χ2v) is 9.20. The van der Waals surface area contributed by atoms with Crippen molar-refractivity contribution in [3.05, 3.63) is 54.1 Å². The van der Waals surface area contributed by atoms with Crippen LogP contribution in [0.15, 0.2) is 58.3 Å². The minimum Gasteiger partial charge on any atom is -0.497 e. The number of ether oxygens (including phenoxy) is 1. The van der Waals surface area contributed by atoms with Crippen LogP contribution in [-0.2, 0) is 10.0 Å². The maximum Gasteiger partial charge on any atom is 0.243 e. The molecule has 0 radical (unpaired) electrons. The normalized spacial score (nSPS) is 18.7. The zero-order chi connectivity index (χ0) is 17.2. The first-order valence-corrected chi connectivity index (χ1v) is 10.2. The van der Waals surface area contributed by atoms with Gasteiger partial charge in [-0.1, -0.05) is 23.8 Å². The molecule has 1 unspecified atom stereocenters. The molecule has 0 aromatic heterocycles. The molecule has 128 valence electrons. The second kappa shape index (κ2) is 7.17. The van der Waals surface area contributed by atoms with Gasteiger partial charge in [-0.25, -0.2) is 8.42 Å². The third kappa shape index (κ3) is 3.77. The summed E-state index contributed by atoms with van der Waals surface area (Å²) in [5, 5.41) is 0.261. The fourth-order valence-electron chi connectivity index (χ4n) is 2.74. The maximum absolute atomic E-state index is 12.7. The summed E-state index contributed by atoms with van der Waals surface area (Å²) in [4.78, 5) is 1.48. The Bertz CT molecular complexity index is 803. The van der Waals surface area contributed by atoms with E-state index in [4.69, 9.17) is 4.74 Å². The number of aryl methyl sites for hydroxylation is 1. The average Bonchev–Trinajstić information content (AvgIpc) is 3.05. The van der Waals surface area contributed by atoms with Crippen LogP contribution < -0.4 is 4.74 Å². The molecule has 2 aromatic carbocycles. The number of hydrogen-bond acceptors (Lipinski definition) is 4. The highest BCUT2D eigenvalue weighted by molar-refractivity contribution is 8.00. The van der Waals surface area contributed by atoms with Gasteiger partial charge < -0.3 is 4.74 Å². The van der Waals surface area contributed by atoms with Crippen molar-refractivity contribution >= 4 is 21.8 Å². The van der Waals surface area contributed by atoms with E-state index in [9.17, 15) is 8.42 Å². The minimum absolute atomic E-state index is 0.261. The van der Waals surface area contributed by atoms with Gasteiger partial charge in [-0.15, -0.1) is 11.8 Å². The molecule has 1 fully saturated rings. The molecule has 0 bridgehead atoms. The Hall–Kier alpha value is -1.50. The average molecular weight is 364 g/mol. The number of rotatable bonds is 5. The first-order chi connectivity index (χ1) is 11.5. The first kappa shape index (κ1) is 17.3. The molecule has 1 aliphatic rings. The fraction of sp³-hybridized carbons (Fsp3) is 0.333. The molecule has 6 heteroatoms. The molecule has 4 nitrogen and oxygen atoms in total. The van der Waals surface area contributed by atoms with Crippen molar-refractivity contribution < 1.29 is 13.2 Å². The molecule has 0 saturated carbocycles. The van der Waals surface area contributed by atoms with Crippen LogP contribution in [0.25, 0.3) is 0 Å². The van der Waals surface area contributed by atoms with Crippen LogP contribution in [0.5, 0.6) is 5.75 Å². The molecule has 0 amide bonds. The molecule has 0 aliphatic carbocycles. The number of sulfonamides is 1. The number of nitrogens with zero attached hydrogens (tertiary/aromatic N) is 1. The number of methoxy groups -OCH3 is 1. The predicted octanol–water partition coefficient (Wildman–Crippen LogP) is 3.56. The fourth-order valence-corrected chi connectivity index (χ4v) is 5.54. The quantitative estimate of drug-likeness (QED) is 0.815. The maximum atomic E-state index is 12.7. The molecular weight excluding hydrogens is 342 g/mol. The van der Waals surface area contributed by atoms with E-state index in [1.165, 1.54) is 0 Å². The van der Waals surface area contributed by atoms with Crippen LogP contribution in [0.1, 0.15) is 12.0 Å². The van der Waals surface area contributed by atoms with Crippen LogP contribution in [0.4, 0.5) is 0 Å². The number of benzene rings is 2. The van der Waals surface area contributed by atoms with Crippen LogP contribution in [-0.4, -0.2) is 38.2 Å². The Labute approximate surface area is 147 Å². The van der Waals surface area contributed by atoms with Gasteiger partial charge in [0.25, 0.3) is 0 Å². The van der Waals surface area contributed by atoms with Crippen molar-refractivity contribution in [2.24, 2.45) is 0 Å². The highest BCUT2D eigenvalue weighted by Crippen LogP contribution is 2.33. The van der Waals surface area contributed by atoms with Gasteiger partial charge in [0, 0.05) is 23.2 Å². The Kier molecular flexibility index (Phi) is 5.18. The van der Waals surface area contributed by atoms with Gasteiger partial charge in [0.1, 0.15) is 5.75 Å². The Morgan fingerprint density at radius 3 is 2.62 bits per heavy atom. The lowest BCUT2D eigenvalue weighted by molar-refractivity contribution is 0.413. The summed E-state index contributed by atoms with van der Waals surface area (Å²) in [5.74, 6) is 0.821. The van der Waals surface area contributed by atoms with Crippen LogP contribution in [0.2, 0.25) is 0 Å². The van der Waals surface area contributed by atoms with E-state index in [0.717, 1.165) is 22.6 Å². The lowest BCUT2D eigenvalue weighted by atomic mass is 10.2. The van der Waals surface area contributed by atoms with E-state index in [-0.39, 0.29) is 5.25 Å². The molecule has 24 heavy (non-hydrogen) atoms. The molecule has 2 aromatic rings. The van der Waals surface area contributed by atoms with Crippen molar-refractivity contribution in [1.29, 1.82) is 0 Å². The molecule has 3 rings (SSSR count). The number of hydrogen-bond donors (Lipinski definition) is 0. The topological polar surface area (TPSA) is 46.6 Å². The smallest absolute Gasteiger partial charge is 0.243 e. The summed E-state index contributed by atoms with van der Waals surface area (Å²) in [5.41, 5.74) is 1.06. The second-order valence-electron chi connectivity index (χ2n) is 5.88. The minimum atomic E-state index is -3.40. The summed E-state index contributed by atoms with van der Waals surface area (Å²) in [6.07, 6.45) is 0.854. The van der Waals surface area contributed by atoms with Crippen molar-refractivity contribution in [3.63, 3.8) is 0 Å². The summed E-state index contributed by atoms with van der Waals surface area (Å²) in [7, 11) is -1.75. The zero-order valence-corrected chi connectivity index (χ0v) is 15.4. The predicted molar refractivity (Wildman–Crippen MR) is 97.2 cm³/mol. The van der Waals surface area contributed by atoms with Crippen molar-refractivity contribution in [2.75, 3.05) is 20.2 Å². The highest BCUT2D eigenvalue weighted by Gasteiger charge is 2.32. The summed E-state index contributed by atoms with van der Waals surface area (Å²) >= 11 is 1.71. The molecule has 1 heterocycles. The van der Waals surface area contributed by atoms with Crippen molar-refractivity contribution in [3.8, 4) is 5.75 Å². The van der Waals surface area contributed by atoms with E-state index in [0.29, 0.717) is 18.0 Å². The lowest BCUT2D eigenvalue weighted by Gasteiger charge is -2.17. The Morgan fingerprint density at radius 1 is 1.17 bits per heavy atom. The standard InChI is InChI=1S/C18H21NO3S2/c1-14-6-8-18(9-7-14)24(20,21)19-11-10-17(13-19)23-16-5-3-4-15(12-16)22-2/h3-9,12,17H,10-11,13H2,1-2H3. The van der Waals surface area contributed by atoms with Crippen molar-refractivity contribution in [2.45, 2.75) is 28.4 Å². The zero-order valence-electron chi connectivity index (χ0n) is 13.8. The van der Waals surface area contributed by atoms with Crippen LogP contribution in [0, 0.1) is 6.92 Å². The summed E-state index contributed by atoms with van der Waals surface area (Å²) in [6, 6.07) is 14.9. The van der Waals surface area contributed by atoms with Crippen LogP contribution in [0.3, 0.4) is 0 Å². The van der Waals surface area contributed by atoms with Gasteiger partial charge in [-0.3, -0.25) is 0 Å². The Morgan fingerprint density at radius 2 is 1.92 bits per heavy atom. The highest BCUT2D eigenvalue weighted by atomic mass is 32.2. The third-order valence-electron chi connectivity index (χ3n) is 4.11. The molecule has 1 atom stereocenters. The molecule has 0 N–H and O–H groups in total. The molecule has 0 spiro atoms. The van der Waals surface area contributed by atoms with Gasteiger partial charge in [0.15, 0.2) is 0 Å². The van der Waals surface area contributed by atoms with Gasteiger partial charge in [0.05, 0.1) is 12.0 Å². The van der Waals surface area contributed by atoms with Crippen LogP contribution >= 0.6 is 11.8 Å². The number of thioether (sulfide) groups is 1. The third-order valence-corrected chi connectivity index (χ3v) is 7.23.